The summed E-state index contributed by atoms with van der Waals surface area (Å²) < 4.78 is 2.99. The molecular formula is C13H11BrN4S. The first-order chi connectivity index (χ1) is 9.25. The molecule has 1 aromatic carbocycles. The molecule has 0 saturated carbocycles. The molecule has 0 atom stereocenters. The Balaban J connectivity index is 1.93. The molecule has 0 spiro atoms. The quantitative estimate of drug-likeness (QED) is 0.688. The molecule has 2 aromatic heterocycles. The van der Waals surface area contributed by atoms with E-state index in [1.807, 2.05) is 23.9 Å². The van der Waals surface area contributed by atoms with E-state index in [0.717, 1.165) is 26.3 Å². The number of fused-ring (bicyclic) bond motifs is 1. The minimum Gasteiger partial charge on any atom is -0.312 e. The summed E-state index contributed by atoms with van der Waals surface area (Å²) in [7, 11) is 1.94. The second-order valence-electron chi connectivity index (χ2n) is 4.12. The summed E-state index contributed by atoms with van der Waals surface area (Å²) in [6.45, 7) is 0. The van der Waals surface area contributed by atoms with Crippen molar-refractivity contribution in [2.45, 2.75) is 10.9 Å². The minimum atomic E-state index is 0.827. The second kappa shape index (κ2) is 5.30. The van der Waals surface area contributed by atoms with Gasteiger partial charge in [-0.25, -0.2) is 0 Å². The highest BCUT2D eigenvalue weighted by molar-refractivity contribution is 9.10. The lowest BCUT2D eigenvalue weighted by Gasteiger charge is -2.06. The van der Waals surface area contributed by atoms with Crippen molar-refractivity contribution >= 4 is 38.6 Å². The highest BCUT2D eigenvalue weighted by Gasteiger charge is 2.08. The van der Waals surface area contributed by atoms with Crippen molar-refractivity contribution in [3.05, 3.63) is 46.8 Å². The molecule has 0 N–H and O–H groups in total. The number of halogens is 1. The lowest BCUT2D eigenvalue weighted by atomic mass is 10.1. The van der Waals surface area contributed by atoms with Gasteiger partial charge in [-0.15, -0.1) is 10.2 Å². The number of aryl methyl sites for hydroxylation is 1. The summed E-state index contributed by atoms with van der Waals surface area (Å²) in [6.07, 6.45) is 3.53. The molecule has 6 heteroatoms. The van der Waals surface area contributed by atoms with Gasteiger partial charge in [0.2, 0.25) is 0 Å². The number of pyridine rings is 1. The Morgan fingerprint density at radius 2 is 2.21 bits per heavy atom. The number of aromatic nitrogens is 4. The monoisotopic (exact) mass is 334 g/mol. The minimum absolute atomic E-state index is 0.827. The lowest BCUT2D eigenvalue weighted by molar-refractivity contribution is 0.788. The summed E-state index contributed by atoms with van der Waals surface area (Å²) in [5.41, 5.74) is 2.23. The first kappa shape index (κ1) is 12.6. The first-order valence-corrected chi connectivity index (χ1v) is 7.52. The van der Waals surface area contributed by atoms with Crippen LogP contribution in [0.5, 0.6) is 0 Å². The highest BCUT2D eigenvalue weighted by atomic mass is 79.9. The fourth-order valence-corrected chi connectivity index (χ4v) is 3.18. The maximum absolute atomic E-state index is 4.48. The molecule has 0 fully saturated rings. The van der Waals surface area contributed by atoms with Crippen LogP contribution in [0.3, 0.4) is 0 Å². The van der Waals surface area contributed by atoms with Gasteiger partial charge in [0.15, 0.2) is 5.16 Å². The first-order valence-electron chi connectivity index (χ1n) is 5.74. The summed E-state index contributed by atoms with van der Waals surface area (Å²) >= 11 is 5.22. The van der Waals surface area contributed by atoms with E-state index in [9.17, 15) is 0 Å². The Kier molecular flexibility index (Phi) is 3.52. The zero-order chi connectivity index (χ0) is 13.2. The van der Waals surface area contributed by atoms with E-state index in [2.05, 4.69) is 49.3 Å². The number of hydrogen-bond acceptors (Lipinski definition) is 4. The molecule has 3 rings (SSSR count). The fourth-order valence-electron chi connectivity index (χ4n) is 1.86. The molecule has 0 saturated heterocycles. The third-order valence-electron chi connectivity index (χ3n) is 2.83. The lowest BCUT2D eigenvalue weighted by Crippen LogP contribution is -1.92. The topological polar surface area (TPSA) is 43.6 Å². The van der Waals surface area contributed by atoms with Gasteiger partial charge in [-0.1, -0.05) is 39.8 Å². The van der Waals surface area contributed by atoms with E-state index < -0.39 is 0 Å². The predicted molar refractivity (Wildman–Crippen MR) is 80.0 cm³/mol. The summed E-state index contributed by atoms with van der Waals surface area (Å²) in [5, 5.41) is 10.0. The van der Waals surface area contributed by atoms with Crippen molar-refractivity contribution in [2.75, 3.05) is 0 Å². The molecule has 0 aliphatic rings. The number of rotatable bonds is 3. The van der Waals surface area contributed by atoms with Crippen molar-refractivity contribution in [3.63, 3.8) is 0 Å². The van der Waals surface area contributed by atoms with Gasteiger partial charge in [0.05, 0.1) is 5.52 Å². The van der Waals surface area contributed by atoms with Crippen LogP contribution in [0.15, 0.2) is 46.4 Å². The van der Waals surface area contributed by atoms with Crippen molar-refractivity contribution in [2.24, 2.45) is 7.05 Å². The molecule has 0 radical (unpaired) electrons. The van der Waals surface area contributed by atoms with Gasteiger partial charge in [-0.2, -0.15) is 0 Å². The number of benzene rings is 1. The van der Waals surface area contributed by atoms with Crippen LogP contribution < -0.4 is 0 Å². The van der Waals surface area contributed by atoms with E-state index >= 15 is 0 Å². The van der Waals surface area contributed by atoms with E-state index in [4.69, 9.17) is 0 Å². The zero-order valence-corrected chi connectivity index (χ0v) is 12.6. The SMILES string of the molecule is Cn1cnnc1SCc1ccc(Br)c2cccnc12. The van der Waals surface area contributed by atoms with Crippen LogP contribution in [0.1, 0.15) is 5.56 Å². The molecule has 3 aromatic rings. The third kappa shape index (κ3) is 2.50. The Labute approximate surface area is 123 Å². The molecule has 0 unspecified atom stereocenters. The molecular weight excluding hydrogens is 324 g/mol. The average molecular weight is 335 g/mol. The van der Waals surface area contributed by atoms with E-state index in [1.54, 1.807) is 18.1 Å². The molecule has 19 heavy (non-hydrogen) atoms. The van der Waals surface area contributed by atoms with E-state index in [-0.39, 0.29) is 0 Å². The van der Waals surface area contributed by atoms with Crippen LogP contribution >= 0.6 is 27.7 Å². The summed E-state index contributed by atoms with van der Waals surface area (Å²) in [4.78, 5) is 4.48. The maximum Gasteiger partial charge on any atom is 0.191 e. The van der Waals surface area contributed by atoms with Crippen LogP contribution in [0.4, 0.5) is 0 Å². The van der Waals surface area contributed by atoms with Crippen LogP contribution in [0, 0.1) is 0 Å². The van der Waals surface area contributed by atoms with Gasteiger partial charge >= 0.3 is 0 Å². The van der Waals surface area contributed by atoms with E-state index in [1.165, 1.54) is 5.56 Å². The molecule has 96 valence electrons. The van der Waals surface area contributed by atoms with Crippen molar-refractivity contribution in [1.82, 2.24) is 19.7 Å². The van der Waals surface area contributed by atoms with Gasteiger partial charge < -0.3 is 4.57 Å². The van der Waals surface area contributed by atoms with Crippen molar-refractivity contribution in [1.29, 1.82) is 0 Å². The molecule has 0 aliphatic carbocycles. The van der Waals surface area contributed by atoms with Gasteiger partial charge in [0.25, 0.3) is 0 Å². The molecule has 2 heterocycles. The average Bonchev–Trinajstić information content (AvgIpc) is 2.84. The van der Waals surface area contributed by atoms with Crippen LogP contribution in [-0.2, 0) is 12.8 Å². The largest absolute Gasteiger partial charge is 0.312 e. The zero-order valence-electron chi connectivity index (χ0n) is 10.2. The predicted octanol–water partition coefficient (Wildman–Crippen LogP) is 3.42. The molecule has 0 bridgehead atoms. The van der Waals surface area contributed by atoms with Crippen molar-refractivity contribution in [3.8, 4) is 0 Å². The smallest absolute Gasteiger partial charge is 0.191 e. The Morgan fingerprint density at radius 3 is 3.00 bits per heavy atom. The highest BCUT2D eigenvalue weighted by Crippen LogP contribution is 2.29. The maximum atomic E-state index is 4.48. The van der Waals surface area contributed by atoms with Crippen LogP contribution in [0.25, 0.3) is 10.9 Å². The molecule has 4 nitrogen and oxygen atoms in total. The summed E-state index contributed by atoms with van der Waals surface area (Å²) in [5.74, 6) is 0.827. The van der Waals surface area contributed by atoms with Gasteiger partial charge in [0.1, 0.15) is 6.33 Å². The Bertz CT molecular complexity index is 725. The van der Waals surface area contributed by atoms with Gasteiger partial charge in [-0.3, -0.25) is 4.98 Å². The Hall–Kier alpha value is -1.40. The number of nitrogens with zero attached hydrogens (tertiary/aromatic N) is 4. The molecule has 0 amide bonds. The standard InChI is InChI=1S/C13H11BrN4S/c1-18-8-16-17-13(18)19-7-9-4-5-11(14)10-3-2-6-15-12(9)10/h2-6,8H,7H2,1H3. The fraction of sp³-hybridized carbons (Fsp3) is 0.154. The van der Waals surface area contributed by atoms with Crippen LogP contribution in [0.2, 0.25) is 0 Å². The van der Waals surface area contributed by atoms with Crippen molar-refractivity contribution < 1.29 is 0 Å². The van der Waals surface area contributed by atoms with Gasteiger partial charge in [-0.05, 0) is 17.7 Å². The van der Waals surface area contributed by atoms with Gasteiger partial charge in [0, 0.05) is 28.9 Å². The Morgan fingerprint density at radius 1 is 1.32 bits per heavy atom. The number of thioether (sulfide) groups is 1. The second-order valence-corrected chi connectivity index (χ2v) is 5.92. The number of hydrogen-bond donors (Lipinski definition) is 0. The summed E-state index contributed by atoms with van der Waals surface area (Å²) in [6, 6.07) is 8.19. The van der Waals surface area contributed by atoms with Crippen LogP contribution in [-0.4, -0.2) is 19.7 Å². The van der Waals surface area contributed by atoms with E-state index in [0.29, 0.717) is 0 Å². The normalized spacial score (nSPS) is 11.1. The third-order valence-corrected chi connectivity index (χ3v) is 4.60. The molecule has 0 aliphatic heterocycles.